The summed E-state index contributed by atoms with van der Waals surface area (Å²) in [5.74, 6) is -0.315. The number of carbonyl (C=O) groups excluding carboxylic acids is 2. The van der Waals surface area contributed by atoms with E-state index in [-0.39, 0.29) is 11.8 Å². The fourth-order valence-corrected chi connectivity index (χ4v) is 2.58. The number of rotatable bonds is 1. The first kappa shape index (κ1) is 10.2. The summed E-state index contributed by atoms with van der Waals surface area (Å²) in [4.78, 5) is 24.7. The van der Waals surface area contributed by atoms with Gasteiger partial charge in [0.1, 0.15) is 5.54 Å². The van der Waals surface area contributed by atoms with Gasteiger partial charge in [-0.1, -0.05) is 0 Å². The maximum Gasteiger partial charge on any atom is 0.230 e. The molecule has 80 valence electrons. The van der Waals surface area contributed by atoms with Gasteiger partial charge in [-0.15, -0.1) is 0 Å². The first-order chi connectivity index (χ1) is 7.19. The van der Waals surface area contributed by atoms with Gasteiger partial charge in [0.25, 0.3) is 0 Å². The van der Waals surface area contributed by atoms with Crippen molar-refractivity contribution in [1.82, 2.24) is 4.90 Å². The molecule has 2 fully saturated rings. The highest BCUT2D eigenvalue weighted by molar-refractivity contribution is 5.98. The summed E-state index contributed by atoms with van der Waals surface area (Å²) in [7, 11) is 0. The highest BCUT2D eigenvalue weighted by Crippen LogP contribution is 2.37. The molecule has 2 amide bonds. The summed E-state index contributed by atoms with van der Waals surface area (Å²) >= 11 is 0. The average Bonchev–Trinajstić information content (AvgIpc) is 2.67. The van der Waals surface area contributed by atoms with Gasteiger partial charge >= 0.3 is 0 Å². The number of imide groups is 1. The molecule has 1 aliphatic carbocycles. The quantitative estimate of drug-likeness (QED) is 0.608. The van der Waals surface area contributed by atoms with Crippen LogP contribution in [0.2, 0.25) is 0 Å². The Morgan fingerprint density at radius 1 is 1.07 bits per heavy atom. The molecule has 2 rings (SSSR count). The Kier molecular flexibility index (Phi) is 2.47. The normalized spacial score (nSPS) is 25.4. The third-order valence-electron chi connectivity index (χ3n) is 3.35. The van der Waals surface area contributed by atoms with Crippen molar-refractivity contribution < 1.29 is 9.59 Å². The standard InChI is InChI=1S/C11H14N2O2/c12-8-11(6-1-2-7-11)13-9(14)4-3-5-10(13)15/h1-7H2. The van der Waals surface area contributed by atoms with Gasteiger partial charge in [0.2, 0.25) is 11.8 Å². The third kappa shape index (κ3) is 1.52. The Balaban J connectivity index is 2.30. The van der Waals surface area contributed by atoms with Crippen LogP contribution < -0.4 is 0 Å². The van der Waals surface area contributed by atoms with Crippen molar-refractivity contribution in [3.05, 3.63) is 0 Å². The minimum absolute atomic E-state index is 0.158. The van der Waals surface area contributed by atoms with E-state index in [4.69, 9.17) is 0 Å². The van der Waals surface area contributed by atoms with E-state index < -0.39 is 5.54 Å². The molecule has 0 atom stereocenters. The lowest BCUT2D eigenvalue weighted by Gasteiger charge is -2.36. The number of hydrogen-bond donors (Lipinski definition) is 0. The summed E-state index contributed by atoms with van der Waals surface area (Å²) in [6, 6.07) is 2.19. The van der Waals surface area contributed by atoms with Crippen LogP contribution in [0.1, 0.15) is 44.9 Å². The Morgan fingerprint density at radius 2 is 1.60 bits per heavy atom. The Bertz CT molecular complexity index is 321. The smallest absolute Gasteiger partial charge is 0.230 e. The van der Waals surface area contributed by atoms with Crippen LogP contribution in [0.4, 0.5) is 0 Å². The van der Waals surface area contributed by atoms with Crippen molar-refractivity contribution in [1.29, 1.82) is 5.26 Å². The molecule has 1 aliphatic heterocycles. The lowest BCUT2D eigenvalue weighted by molar-refractivity contribution is -0.153. The molecule has 0 N–H and O–H groups in total. The maximum atomic E-state index is 11.7. The molecule has 0 aromatic heterocycles. The zero-order chi connectivity index (χ0) is 10.9. The summed E-state index contributed by atoms with van der Waals surface area (Å²) in [6.45, 7) is 0. The van der Waals surface area contributed by atoms with E-state index in [1.54, 1.807) is 0 Å². The SMILES string of the molecule is N#CC1(N2C(=O)CCCC2=O)CCCC1. The van der Waals surface area contributed by atoms with Crippen molar-refractivity contribution in [2.75, 3.05) is 0 Å². The summed E-state index contributed by atoms with van der Waals surface area (Å²) in [5, 5.41) is 9.21. The molecule has 0 aromatic rings. The van der Waals surface area contributed by atoms with Crippen LogP contribution in [0.3, 0.4) is 0 Å². The minimum Gasteiger partial charge on any atom is -0.274 e. The van der Waals surface area contributed by atoms with Gasteiger partial charge in [0.15, 0.2) is 0 Å². The molecule has 1 heterocycles. The van der Waals surface area contributed by atoms with Crippen molar-refractivity contribution in [3.63, 3.8) is 0 Å². The second-order valence-corrected chi connectivity index (χ2v) is 4.33. The molecule has 0 aromatic carbocycles. The molecule has 2 aliphatic rings. The lowest BCUT2D eigenvalue weighted by Crippen LogP contribution is -2.54. The van der Waals surface area contributed by atoms with E-state index in [1.807, 2.05) is 0 Å². The Labute approximate surface area is 88.9 Å². The number of nitrogens with zero attached hydrogens (tertiary/aromatic N) is 2. The van der Waals surface area contributed by atoms with E-state index >= 15 is 0 Å². The fourth-order valence-electron chi connectivity index (χ4n) is 2.58. The molecule has 0 unspecified atom stereocenters. The summed E-state index contributed by atoms with van der Waals surface area (Å²) < 4.78 is 0. The molecule has 4 heteroatoms. The maximum absolute atomic E-state index is 11.7. The van der Waals surface area contributed by atoms with E-state index in [0.29, 0.717) is 32.1 Å². The first-order valence-electron chi connectivity index (χ1n) is 5.47. The van der Waals surface area contributed by atoms with Gasteiger partial charge < -0.3 is 0 Å². The Hall–Kier alpha value is -1.37. The third-order valence-corrected chi connectivity index (χ3v) is 3.35. The molecule has 1 saturated carbocycles. The molecule has 0 spiro atoms. The number of amides is 2. The monoisotopic (exact) mass is 206 g/mol. The van der Waals surface area contributed by atoms with Crippen LogP contribution in [-0.4, -0.2) is 22.3 Å². The van der Waals surface area contributed by atoms with Crippen LogP contribution in [-0.2, 0) is 9.59 Å². The zero-order valence-corrected chi connectivity index (χ0v) is 8.66. The lowest BCUT2D eigenvalue weighted by atomic mass is 9.93. The fraction of sp³-hybridized carbons (Fsp3) is 0.727. The van der Waals surface area contributed by atoms with Gasteiger partial charge in [-0.25, -0.2) is 0 Å². The summed E-state index contributed by atoms with van der Waals surface area (Å²) in [5.41, 5.74) is -0.811. The van der Waals surface area contributed by atoms with Gasteiger partial charge in [0.05, 0.1) is 6.07 Å². The van der Waals surface area contributed by atoms with Crippen LogP contribution >= 0.6 is 0 Å². The molecular formula is C11H14N2O2. The summed E-state index contributed by atoms with van der Waals surface area (Å²) in [6.07, 6.45) is 4.64. The predicted octanol–water partition coefficient (Wildman–Crippen LogP) is 1.36. The molecule has 0 bridgehead atoms. The topological polar surface area (TPSA) is 61.2 Å². The molecule has 0 radical (unpaired) electrons. The second-order valence-electron chi connectivity index (χ2n) is 4.33. The Morgan fingerprint density at radius 3 is 2.07 bits per heavy atom. The van der Waals surface area contributed by atoms with E-state index in [1.165, 1.54) is 4.90 Å². The second kappa shape index (κ2) is 3.65. The first-order valence-corrected chi connectivity index (χ1v) is 5.47. The van der Waals surface area contributed by atoms with E-state index in [0.717, 1.165) is 12.8 Å². The van der Waals surface area contributed by atoms with Crippen molar-refractivity contribution in [3.8, 4) is 6.07 Å². The van der Waals surface area contributed by atoms with E-state index in [9.17, 15) is 14.9 Å². The van der Waals surface area contributed by atoms with Crippen LogP contribution in [0, 0.1) is 11.3 Å². The minimum atomic E-state index is -0.811. The zero-order valence-electron chi connectivity index (χ0n) is 8.66. The number of hydrogen-bond acceptors (Lipinski definition) is 3. The average molecular weight is 206 g/mol. The van der Waals surface area contributed by atoms with Crippen molar-refractivity contribution in [2.24, 2.45) is 0 Å². The van der Waals surface area contributed by atoms with E-state index in [2.05, 4.69) is 6.07 Å². The molecule has 15 heavy (non-hydrogen) atoms. The van der Waals surface area contributed by atoms with Gasteiger partial charge in [-0.3, -0.25) is 14.5 Å². The van der Waals surface area contributed by atoms with Crippen LogP contribution in [0.5, 0.6) is 0 Å². The molecule has 1 saturated heterocycles. The van der Waals surface area contributed by atoms with Gasteiger partial charge in [-0.2, -0.15) is 5.26 Å². The van der Waals surface area contributed by atoms with Crippen molar-refractivity contribution in [2.45, 2.75) is 50.5 Å². The number of carbonyl (C=O) groups is 2. The number of likely N-dealkylation sites (tertiary alicyclic amines) is 1. The molecular weight excluding hydrogens is 192 g/mol. The van der Waals surface area contributed by atoms with Gasteiger partial charge in [-0.05, 0) is 32.1 Å². The van der Waals surface area contributed by atoms with Crippen LogP contribution in [0.25, 0.3) is 0 Å². The van der Waals surface area contributed by atoms with Crippen LogP contribution in [0.15, 0.2) is 0 Å². The largest absolute Gasteiger partial charge is 0.274 e. The highest BCUT2D eigenvalue weighted by atomic mass is 16.2. The highest BCUT2D eigenvalue weighted by Gasteiger charge is 2.46. The van der Waals surface area contributed by atoms with Crippen molar-refractivity contribution >= 4 is 11.8 Å². The number of nitriles is 1. The predicted molar refractivity (Wildman–Crippen MR) is 52.5 cm³/mol. The number of piperidine rings is 1. The van der Waals surface area contributed by atoms with Gasteiger partial charge in [0, 0.05) is 12.8 Å². The molecule has 4 nitrogen and oxygen atoms in total.